The van der Waals surface area contributed by atoms with Crippen LogP contribution in [0.25, 0.3) is 5.57 Å². The number of nitrogens with zero attached hydrogens (tertiary/aromatic N) is 1. The van der Waals surface area contributed by atoms with E-state index in [1.807, 2.05) is 19.9 Å². The number of hydrogen-bond acceptors (Lipinski definition) is 2. The molecule has 1 rings (SSSR count). The standard InChI is InChI=1S/C14H21NO.H2O/c1-7-14(5,6)16-12-8-11(4)13(10(2)3)15-9-12;/h8-9H,2,7H2,1,3-6H3;1H2. The summed E-state index contributed by atoms with van der Waals surface area (Å²) in [4.78, 5) is 4.37. The van der Waals surface area contributed by atoms with Crippen molar-refractivity contribution in [2.24, 2.45) is 0 Å². The fourth-order valence-electron chi connectivity index (χ4n) is 1.44. The average molecular weight is 237 g/mol. The number of hydrogen-bond donors (Lipinski definition) is 0. The van der Waals surface area contributed by atoms with Crippen LogP contribution in [-0.4, -0.2) is 16.1 Å². The first-order valence-corrected chi connectivity index (χ1v) is 5.67. The van der Waals surface area contributed by atoms with Crippen molar-refractivity contribution in [3.63, 3.8) is 0 Å². The first-order valence-electron chi connectivity index (χ1n) is 5.67. The van der Waals surface area contributed by atoms with Gasteiger partial charge in [0, 0.05) is 0 Å². The molecule has 96 valence electrons. The zero-order valence-electron chi connectivity index (χ0n) is 11.4. The summed E-state index contributed by atoms with van der Waals surface area (Å²) in [5.41, 5.74) is 2.91. The Labute approximate surface area is 104 Å². The molecule has 1 heterocycles. The van der Waals surface area contributed by atoms with Gasteiger partial charge in [0.1, 0.15) is 11.4 Å². The average Bonchev–Trinajstić information content (AvgIpc) is 2.16. The summed E-state index contributed by atoms with van der Waals surface area (Å²) in [5.74, 6) is 0.828. The van der Waals surface area contributed by atoms with E-state index in [0.29, 0.717) is 0 Å². The molecule has 0 aliphatic rings. The fraction of sp³-hybridized carbons (Fsp3) is 0.500. The molecule has 0 radical (unpaired) electrons. The van der Waals surface area contributed by atoms with Gasteiger partial charge < -0.3 is 10.2 Å². The maximum atomic E-state index is 5.87. The number of aromatic nitrogens is 1. The lowest BCUT2D eigenvalue weighted by molar-refractivity contribution is 0.105. The molecule has 0 aliphatic heterocycles. The predicted molar refractivity (Wildman–Crippen MR) is 72.3 cm³/mol. The van der Waals surface area contributed by atoms with Crippen LogP contribution < -0.4 is 4.74 Å². The van der Waals surface area contributed by atoms with Crippen LogP contribution in [0.2, 0.25) is 0 Å². The van der Waals surface area contributed by atoms with E-state index in [1.54, 1.807) is 6.20 Å². The van der Waals surface area contributed by atoms with Gasteiger partial charge in [0.2, 0.25) is 0 Å². The van der Waals surface area contributed by atoms with Crippen molar-refractivity contribution in [3.8, 4) is 5.75 Å². The second-order valence-corrected chi connectivity index (χ2v) is 4.83. The molecule has 1 aromatic rings. The molecular weight excluding hydrogens is 214 g/mol. The molecule has 1 aromatic heterocycles. The molecule has 3 nitrogen and oxygen atoms in total. The van der Waals surface area contributed by atoms with Crippen molar-refractivity contribution in [1.82, 2.24) is 4.98 Å². The SMILES string of the molecule is C=C(C)c1ncc(OC(C)(C)CC)cc1C.O. The Morgan fingerprint density at radius 2 is 2.06 bits per heavy atom. The van der Waals surface area contributed by atoms with Gasteiger partial charge in [-0.2, -0.15) is 0 Å². The van der Waals surface area contributed by atoms with E-state index in [2.05, 4.69) is 32.3 Å². The first-order chi connectivity index (χ1) is 7.35. The van der Waals surface area contributed by atoms with E-state index in [9.17, 15) is 0 Å². The van der Waals surface area contributed by atoms with Crippen LogP contribution in [-0.2, 0) is 0 Å². The summed E-state index contributed by atoms with van der Waals surface area (Å²) >= 11 is 0. The zero-order chi connectivity index (χ0) is 12.3. The third kappa shape index (κ3) is 4.19. The van der Waals surface area contributed by atoms with Crippen molar-refractivity contribution in [1.29, 1.82) is 0 Å². The second-order valence-electron chi connectivity index (χ2n) is 4.83. The van der Waals surface area contributed by atoms with Gasteiger partial charge in [-0.1, -0.05) is 13.5 Å². The molecule has 0 saturated heterocycles. The van der Waals surface area contributed by atoms with E-state index < -0.39 is 0 Å². The van der Waals surface area contributed by atoms with Crippen LogP contribution >= 0.6 is 0 Å². The summed E-state index contributed by atoms with van der Waals surface area (Å²) in [6, 6.07) is 2.02. The number of rotatable bonds is 4. The van der Waals surface area contributed by atoms with Gasteiger partial charge in [0.25, 0.3) is 0 Å². The number of aryl methyl sites for hydroxylation is 1. The zero-order valence-corrected chi connectivity index (χ0v) is 11.4. The largest absolute Gasteiger partial charge is 0.486 e. The molecule has 0 saturated carbocycles. The van der Waals surface area contributed by atoms with Gasteiger partial charge in [-0.25, -0.2) is 0 Å². The normalized spacial score (nSPS) is 10.6. The van der Waals surface area contributed by atoms with Gasteiger partial charge in [0.05, 0.1) is 11.9 Å². The Morgan fingerprint density at radius 3 is 2.47 bits per heavy atom. The smallest absolute Gasteiger partial charge is 0.138 e. The van der Waals surface area contributed by atoms with Crippen LogP contribution in [0.15, 0.2) is 18.8 Å². The molecule has 0 atom stereocenters. The van der Waals surface area contributed by atoms with Crippen molar-refractivity contribution in [2.75, 3.05) is 0 Å². The Morgan fingerprint density at radius 1 is 1.47 bits per heavy atom. The van der Waals surface area contributed by atoms with Crippen LogP contribution in [0.1, 0.15) is 45.4 Å². The highest BCUT2D eigenvalue weighted by molar-refractivity contribution is 5.61. The minimum Gasteiger partial charge on any atom is -0.486 e. The molecule has 2 N–H and O–H groups in total. The van der Waals surface area contributed by atoms with E-state index >= 15 is 0 Å². The Bertz CT molecular complexity index is 397. The first kappa shape index (κ1) is 15.7. The van der Waals surface area contributed by atoms with Crippen molar-refractivity contribution in [3.05, 3.63) is 30.1 Å². The molecule has 0 aromatic carbocycles. The van der Waals surface area contributed by atoms with Crippen molar-refractivity contribution >= 4 is 5.57 Å². The monoisotopic (exact) mass is 237 g/mol. The molecule has 17 heavy (non-hydrogen) atoms. The molecule has 3 heteroatoms. The van der Waals surface area contributed by atoms with Gasteiger partial charge >= 0.3 is 0 Å². The molecule has 0 amide bonds. The van der Waals surface area contributed by atoms with Gasteiger partial charge in [-0.15, -0.1) is 0 Å². The minimum atomic E-state index is -0.140. The van der Waals surface area contributed by atoms with Gasteiger partial charge in [0.15, 0.2) is 0 Å². The predicted octanol–water partition coefficient (Wildman–Crippen LogP) is 3.17. The lowest BCUT2D eigenvalue weighted by atomic mass is 10.1. The maximum Gasteiger partial charge on any atom is 0.138 e. The summed E-state index contributed by atoms with van der Waals surface area (Å²) in [7, 11) is 0. The second kappa shape index (κ2) is 5.82. The van der Waals surface area contributed by atoms with Crippen molar-refractivity contribution < 1.29 is 10.2 Å². The quantitative estimate of drug-likeness (QED) is 0.807. The molecule has 0 spiro atoms. The molecular formula is C14H23NO2. The van der Waals surface area contributed by atoms with Crippen LogP contribution in [0.5, 0.6) is 5.75 Å². The summed E-state index contributed by atoms with van der Waals surface area (Å²) in [6.07, 6.45) is 2.74. The van der Waals surface area contributed by atoms with Gasteiger partial charge in [-0.3, -0.25) is 4.98 Å². The van der Waals surface area contributed by atoms with Crippen LogP contribution in [0.4, 0.5) is 0 Å². The highest BCUT2D eigenvalue weighted by atomic mass is 16.5. The Hall–Kier alpha value is -1.35. The number of pyridine rings is 1. The Balaban J connectivity index is 0.00000256. The Kier molecular flexibility index (Phi) is 5.36. The lowest BCUT2D eigenvalue weighted by Crippen LogP contribution is -2.26. The van der Waals surface area contributed by atoms with E-state index in [1.165, 1.54) is 0 Å². The molecule has 0 unspecified atom stereocenters. The van der Waals surface area contributed by atoms with E-state index in [0.717, 1.165) is 29.0 Å². The minimum absolute atomic E-state index is 0. The highest BCUT2D eigenvalue weighted by Gasteiger charge is 2.17. The molecule has 0 fully saturated rings. The van der Waals surface area contributed by atoms with Gasteiger partial charge in [-0.05, 0) is 51.3 Å². The molecule has 0 aliphatic carbocycles. The fourth-order valence-corrected chi connectivity index (χ4v) is 1.44. The van der Waals surface area contributed by atoms with E-state index in [4.69, 9.17) is 4.74 Å². The summed E-state index contributed by atoms with van der Waals surface area (Å²) in [5, 5.41) is 0. The molecule has 0 bridgehead atoms. The van der Waals surface area contributed by atoms with E-state index in [-0.39, 0.29) is 11.1 Å². The third-order valence-electron chi connectivity index (χ3n) is 2.70. The summed E-state index contributed by atoms with van der Waals surface area (Å²) in [6.45, 7) is 14.2. The highest BCUT2D eigenvalue weighted by Crippen LogP contribution is 2.23. The maximum absolute atomic E-state index is 5.87. The number of ether oxygens (including phenoxy) is 1. The summed E-state index contributed by atoms with van der Waals surface area (Å²) < 4.78 is 5.87. The third-order valence-corrected chi connectivity index (χ3v) is 2.70. The van der Waals surface area contributed by atoms with Crippen LogP contribution in [0, 0.1) is 6.92 Å². The lowest BCUT2D eigenvalue weighted by Gasteiger charge is -2.25. The van der Waals surface area contributed by atoms with Crippen molar-refractivity contribution in [2.45, 2.75) is 46.6 Å². The number of allylic oxidation sites excluding steroid dienone is 1. The van der Waals surface area contributed by atoms with Crippen LogP contribution in [0.3, 0.4) is 0 Å². The topological polar surface area (TPSA) is 53.6 Å².